The normalized spacial score (nSPS) is 12.3. The summed E-state index contributed by atoms with van der Waals surface area (Å²) in [5, 5.41) is 0.704. The summed E-state index contributed by atoms with van der Waals surface area (Å²) in [6.45, 7) is 5.83. The van der Waals surface area contributed by atoms with Gasteiger partial charge in [-0.15, -0.1) is 0 Å². The van der Waals surface area contributed by atoms with Gasteiger partial charge in [-0.05, 0) is 50.1 Å². The number of hydrogen-bond acceptors (Lipinski definition) is 3. The second-order valence-electron chi connectivity index (χ2n) is 4.66. The van der Waals surface area contributed by atoms with Crippen molar-refractivity contribution in [2.45, 2.75) is 26.8 Å². The fourth-order valence-corrected chi connectivity index (χ4v) is 2.32. The number of halogens is 1. The number of aromatic nitrogens is 1. The highest BCUT2D eigenvalue weighted by Crippen LogP contribution is 2.32. The van der Waals surface area contributed by atoms with Crippen LogP contribution in [0.25, 0.3) is 0 Å². The molecule has 19 heavy (non-hydrogen) atoms. The van der Waals surface area contributed by atoms with Crippen LogP contribution in [-0.4, -0.2) is 4.98 Å². The van der Waals surface area contributed by atoms with Gasteiger partial charge in [0, 0.05) is 22.8 Å². The molecule has 0 spiro atoms. The summed E-state index contributed by atoms with van der Waals surface area (Å²) >= 11 is 6.02. The van der Waals surface area contributed by atoms with E-state index in [2.05, 4.69) is 4.98 Å². The Morgan fingerprint density at radius 3 is 2.47 bits per heavy atom. The number of nitrogens with zero attached hydrogens (tertiary/aromatic N) is 1. The maximum absolute atomic E-state index is 6.02. The van der Waals surface area contributed by atoms with Crippen molar-refractivity contribution in [3.8, 4) is 11.6 Å². The quantitative estimate of drug-likeness (QED) is 0.915. The highest BCUT2D eigenvalue weighted by Gasteiger charge is 2.13. The van der Waals surface area contributed by atoms with E-state index in [-0.39, 0.29) is 6.04 Å². The fraction of sp³-hybridized carbons (Fsp3) is 0.267. The van der Waals surface area contributed by atoms with Crippen molar-refractivity contribution in [2.75, 3.05) is 0 Å². The second kappa shape index (κ2) is 5.59. The van der Waals surface area contributed by atoms with Gasteiger partial charge in [-0.1, -0.05) is 17.7 Å². The van der Waals surface area contributed by atoms with Gasteiger partial charge in [-0.3, -0.25) is 0 Å². The summed E-state index contributed by atoms with van der Waals surface area (Å²) in [7, 11) is 0. The number of pyridine rings is 1. The average molecular weight is 277 g/mol. The molecule has 1 aromatic carbocycles. The molecular formula is C15H17ClN2O. The molecule has 1 unspecified atom stereocenters. The lowest BCUT2D eigenvalue weighted by atomic mass is 10.1. The lowest BCUT2D eigenvalue weighted by Crippen LogP contribution is -2.08. The zero-order valence-corrected chi connectivity index (χ0v) is 12.0. The molecule has 2 N–H and O–H groups in total. The van der Waals surface area contributed by atoms with E-state index >= 15 is 0 Å². The molecule has 4 heteroatoms. The molecule has 0 saturated carbocycles. The minimum absolute atomic E-state index is 0.128. The first-order chi connectivity index (χ1) is 8.99. The molecule has 1 atom stereocenters. The number of benzene rings is 1. The van der Waals surface area contributed by atoms with Gasteiger partial charge in [0.1, 0.15) is 5.75 Å². The molecule has 0 radical (unpaired) electrons. The van der Waals surface area contributed by atoms with Crippen LogP contribution < -0.4 is 10.5 Å². The predicted octanol–water partition coefficient (Wildman–Crippen LogP) is 4.16. The SMILES string of the molecule is Cc1cc(Cl)cc(C)c1Oc1ncccc1C(C)N. The van der Waals surface area contributed by atoms with Crippen molar-refractivity contribution in [1.82, 2.24) is 4.98 Å². The lowest BCUT2D eigenvalue weighted by Gasteiger charge is -2.15. The Hall–Kier alpha value is -1.58. The van der Waals surface area contributed by atoms with E-state index < -0.39 is 0 Å². The third-order valence-corrected chi connectivity index (χ3v) is 3.13. The van der Waals surface area contributed by atoms with Crippen LogP contribution in [0.3, 0.4) is 0 Å². The molecule has 1 aromatic heterocycles. The molecule has 2 rings (SSSR count). The van der Waals surface area contributed by atoms with Crippen LogP contribution in [0.4, 0.5) is 0 Å². The molecule has 0 saturated heterocycles. The predicted molar refractivity (Wildman–Crippen MR) is 77.8 cm³/mol. The van der Waals surface area contributed by atoms with E-state index in [1.807, 2.05) is 45.0 Å². The van der Waals surface area contributed by atoms with Crippen LogP contribution in [0, 0.1) is 13.8 Å². The molecule has 3 nitrogen and oxygen atoms in total. The van der Waals surface area contributed by atoms with Crippen molar-refractivity contribution >= 4 is 11.6 Å². The van der Waals surface area contributed by atoms with Gasteiger partial charge in [0.15, 0.2) is 0 Å². The first kappa shape index (κ1) is 13.8. The van der Waals surface area contributed by atoms with Crippen molar-refractivity contribution < 1.29 is 4.74 Å². The molecule has 2 aromatic rings. The van der Waals surface area contributed by atoms with E-state index in [1.165, 1.54) is 0 Å². The molecule has 1 heterocycles. The first-order valence-electron chi connectivity index (χ1n) is 6.14. The van der Waals surface area contributed by atoms with Crippen LogP contribution in [0.5, 0.6) is 11.6 Å². The summed E-state index contributed by atoms with van der Waals surface area (Å²) in [6.07, 6.45) is 1.70. The van der Waals surface area contributed by atoms with E-state index in [0.29, 0.717) is 10.9 Å². The third kappa shape index (κ3) is 3.06. The van der Waals surface area contributed by atoms with E-state index in [1.54, 1.807) is 6.20 Å². The molecule has 0 amide bonds. The number of hydrogen-bond donors (Lipinski definition) is 1. The van der Waals surface area contributed by atoms with E-state index in [4.69, 9.17) is 22.1 Å². The van der Waals surface area contributed by atoms with Gasteiger partial charge in [0.2, 0.25) is 5.88 Å². The Kier molecular flexibility index (Phi) is 4.08. The summed E-state index contributed by atoms with van der Waals surface area (Å²) in [6, 6.07) is 7.40. The summed E-state index contributed by atoms with van der Waals surface area (Å²) in [5.74, 6) is 1.33. The third-order valence-electron chi connectivity index (χ3n) is 2.91. The second-order valence-corrected chi connectivity index (χ2v) is 5.09. The van der Waals surface area contributed by atoms with Crippen molar-refractivity contribution in [3.63, 3.8) is 0 Å². The number of nitrogens with two attached hydrogens (primary N) is 1. The standard InChI is InChI=1S/C15H17ClN2O/c1-9-7-12(16)8-10(2)14(9)19-15-13(11(3)17)5-4-6-18-15/h4-8,11H,17H2,1-3H3. The van der Waals surface area contributed by atoms with Crippen LogP contribution >= 0.6 is 11.6 Å². The number of ether oxygens (including phenoxy) is 1. The molecule has 0 aliphatic heterocycles. The average Bonchev–Trinajstić information content (AvgIpc) is 2.34. The number of rotatable bonds is 3. The van der Waals surface area contributed by atoms with Gasteiger partial charge < -0.3 is 10.5 Å². The lowest BCUT2D eigenvalue weighted by molar-refractivity contribution is 0.445. The fourth-order valence-electron chi connectivity index (χ4n) is 1.99. The van der Waals surface area contributed by atoms with Crippen molar-refractivity contribution in [1.29, 1.82) is 0 Å². The monoisotopic (exact) mass is 276 g/mol. The molecule has 0 bridgehead atoms. The Morgan fingerprint density at radius 1 is 1.26 bits per heavy atom. The minimum Gasteiger partial charge on any atom is -0.438 e. The minimum atomic E-state index is -0.128. The van der Waals surface area contributed by atoms with Gasteiger partial charge in [-0.2, -0.15) is 0 Å². The molecule has 0 fully saturated rings. The maximum Gasteiger partial charge on any atom is 0.223 e. The van der Waals surface area contributed by atoms with E-state index in [9.17, 15) is 0 Å². The molecule has 100 valence electrons. The van der Waals surface area contributed by atoms with Gasteiger partial charge in [0.25, 0.3) is 0 Å². The Labute approximate surface area is 118 Å². The highest BCUT2D eigenvalue weighted by molar-refractivity contribution is 6.30. The zero-order valence-electron chi connectivity index (χ0n) is 11.3. The first-order valence-corrected chi connectivity index (χ1v) is 6.52. The topological polar surface area (TPSA) is 48.1 Å². The Morgan fingerprint density at radius 2 is 1.89 bits per heavy atom. The Bertz CT molecular complexity index is 573. The Balaban J connectivity index is 2.42. The van der Waals surface area contributed by atoms with Crippen LogP contribution in [0.2, 0.25) is 5.02 Å². The van der Waals surface area contributed by atoms with Gasteiger partial charge in [-0.25, -0.2) is 4.98 Å². The summed E-state index contributed by atoms with van der Waals surface area (Å²) in [5.41, 5.74) is 8.77. The molecular weight excluding hydrogens is 260 g/mol. The van der Waals surface area contributed by atoms with Crippen LogP contribution in [-0.2, 0) is 0 Å². The van der Waals surface area contributed by atoms with Crippen molar-refractivity contribution in [3.05, 3.63) is 52.2 Å². The van der Waals surface area contributed by atoms with E-state index in [0.717, 1.165) is 22.4 Å². The summed E-state index contributed by atoms with van der Waals surface area (Å²) in [4.78, 5) is 4.26. The van der Waals surface area contributed by atoms with Crippen molar-refractivity contribution in [2.24, 2.45) is 5.73 Å². The highest BCUT2D eigenvalue weighted by atomic mass is 35.5. The summed E-state index contributed by atoms with van der Waals surface area (Å²) < 4.78 is 5.94. The smallest absolute Gasteiger partial charge is 0.223 e. The zero-order chi connectivity index (χ0) is 14.0. The molecule has 0 aliphatic rings. The van der Waals surface area contributed by atoms with Gasteiger partial charge >= 0.3 is 0 Å². The van der Waals surface area contributed by atoms with Gasteiger partial charge in [0.05, 0.1) is 0 Å². The number of aryl methyl sites for hydroxylation is 2. The maximum atomic E-state index is 6.02. The van der Waals surface area contributed by atoms with Crippen LogP contribution in [0.1, 0.15) is 29.7 Å². The largest absolute Gasteiger partial charge is 0.438 e. The molecule has 0 aliphatic carbocycles. The van der Waals surface area contributed by atoms with Crippen LogP contribution in [0.15, 0.2) is 30.5 Å².